The Morgan fingerprint density at radius 3 is 2.92 bits per heavy atom. The molecule has 0 aliphatic rings. The largest absolute Gasteiger partial charge is 0.153 e. The molecule has 12 heavy (non-hydrogen) atoms. The molecule has 2 heterocycles. The quantitative estimate of drug-likeness (QED) is 0.633. The Kier molecular flexibility index (Phi) is 1.53. The van der Waals surface area contributed by atoms with Gasteiger partial charge in [0, 0.05) is 0 Å². The number of hydrogen-bond donors (Lipinski definition) is 0. The summed E-state index contributed by atoms with van der Waals surface area (Å²) in [4.78, 5) is 0. The maximum Gasteiger partial charge on any atom is 0.108 e. The topological polar surface area (TPSA) is 43.1 Å². The molecule has 0 aliphatic heterocycles. The molecule has 0 saturated carbocycles. The van der Waals surface area contributed by atoms with Gasteiger partial charge in [-0.15, -0.1) is 9.73 Å². The molecule has 0 aliphatic carbocycles. The summed E-state index contributed by atoms with van der Waals surface area (Å²) in [5, 5.41) is 11.8. The molecule has 4 heteroatoms. The lowest BCUT2D eigenvalue weighted by Crippen LogP contribution is -2.00. The molecule has 0 bridgehead atoms. The van der Waals surface area contributed by atoms with E-state index in [0.29, 0.717) is 5.92 Å². The smallest absolute Gasteiger partial charge is 0.108 e. The molecular weight excluding hydrogens is 152 g/mol. The first kappa shape index (κ1) is 7.21. The molecule has 0 amide bonds. The Labute approximate surface area is 70.2 Å². The Hall–Kier alpha value is -1.45. The molecule has 0 atom stereocenters. The maximum absolute atomic E-state index is 4.28. The average Bonchev–Trinajstić information content (AvgIpc) is 2.49. The zero-order chi connectivity index (χ0) is 8.55. The van der Waals surface area contributed by atoms with Gasteiger partial charge in [0.1, 0.15) is 5.52 Å². The molecule has 0 spiro atoms. The lowest BCUT2D eigenvalue weighted by atomic mass is 10.1. The molecular formula is C8H10N4. The van der Waals surface area contributed by atoms with Crippen molar-refractivity contribution in [1.82, 2.24) is 20.0 Å². The second-order valence-electron chi connectivity index (χ2n) is 3.06. The highest BCUT2D eigenvalue weighted by atomic mass is 15.5. The van der Waals surface area contributed by atoms with Gasteiger partial charge in [0.2, 0.25) is 0 Å². The van der Waals surface area contributed by atoms with Crippen molar-refractivity contribution < 1.29 is 0 Å². The lowest BCUT2D eigenvalue weighted by Gasteiger charge is -2.02. The van der Waals surface area contributed by atoms with Crippen LogP contribution in [0.25, 0.3) is 5.52 Å². The summed E-state index contributed by atoms with van der Waals surface area (Å²) < 4.78 is 1.55. The van der Waals surface area contributed by atoms with Crippen LogP contribution in [-0.2, 0) is 0 Å². The molecule has 0 unspecified atom stereocenters. The van der Waals surface area contributed by atoms with Crippen molar-refractivity contribution in [2.24, 2.45) is 0 Å². The van der Waals surface area contributed by atoms with E-state index >= 15 is 0 Å². The predicted octanol–water partition coefficient (Wildman–Crippen LogP) is 1.25. The van der Waals surface area contributed by atoms with E-state index in [-0.39, 0.29) is 0 Å². The molecule has 2 aromatic rings. The first-order valence-corrected chi connectivity index (χ1v) is 3.95. The van der Waals surface area contributed by atoms with Gasteiger partial charge >= 0.3 is 0 Å². The van der Waals surface area contributed by atoms with E-state index in [1.54, 1.807) is 10.8 Å². The van der Waals surface area contributed by atoms with Gasteiger partial charge in [0.25, 0.3) is 0 Å². The van der Waals surface area contributed by atoms with Gasteiger partial charge in [-0.1, -0.05) is 13.8 Å². The number of aromatic nitrogens is 4. The van der Waals surface area contributed by atoms with Crippen LogP contribution in [0.4, 0.5) is 0 Å². The molecule has 0 radical (unpaired) electrons. The zero-order valence-corrected chi connectivity index (χ0v) is 7.10. The normalized spacial score (nSPS) is 11.2. The van der Waals surface area contributed by atoms with Gasteiger partial charge in [-0.05, 0) is 23.3 Å². The van der Waals surface area contributed by atoms with Crippen LogP contribution >= 0.6 is 0 Å². The van der Waals surface area contributed by atoms with E-state index in [9.17, 15) is 0 Å². The van der Waals surface area contributed by atoms with Gasteiger partial charge in [-0.2, -0.15) is 5.10 Å². The minimum Gasteiger partial charge on any atom is -0.153 e. The van der Waals surface area contributed by atoms with Gasteiger partial charge in [-0.25, -0.2) is 0 Å². The van der Waals surface area contributed by atoms with Crippen LogP contribution in [0.15, 0.2) is 18.3 Å². The maximum atomic E-state index is 4.28. The zero-order valence-electron chi connectivity index (χ0n) is 7.10. The molecule has 62 valence electrons. The van der Waals surface area contributed by atoms with Crippen LogP contribution in [0, 0.1) is 0 Å². The molecule has 2 rings (SSSR count). The fraction of sp³-hybridized carbons (Fsp3) is 0.375. The van der Waals surface area contributed by atoms with Crippen molar-refractivity contribution in [3.63, 3.8) is 0 Å². The summed E-state index contributed by atoms with van der Waals surface area (Å²) in [6.45, 7) is 4.20. The first-order valence-electron chi connectivity index (χ1n) is 3.95. The lowest BCUT2D eigenvalue weighted by molar-refractivity contribution is 0.687. The standard InChI is InChI=1S/C8H10N4/c1-6(2)8-4-3-7-5-9-11-12(7)10-8/h3-6H,1-2H3. The van der Waals surface area contributed by atoms with Crippen LogP contribution in [0.5, 0.6) is 0 Å². The van der Waals surface area contributed by atoms with Crippen molar-refractivity contribution in [1.29, 1.82) is 0 Å². The number of rotatable bonds is 1. The highest BCUT2D eigenvalue weighted by molar-refractivity contribution is 5.41. The molecule has 0 aromatic carbocycles. The van der Waals surface area contributed by atoms with Crippen molar-refractivity contribution in [2.75, 3.05) is 0 Å². The van der Waals surface area contributed by atoms with Crippen LogP contribution in [-0.4, -0.2) is 20.0 Å². The molecule has 4 nitrogen and oxygen atoms in total. The third kappa shape index (κ3) is 1.05. The van der Waals surface area contributed by atoms with E-state index in [0.717, 1.165) is 11.2 Å². The molecule has 2 aromatic heterocycles. The van der Waals surface area contributed by atoms with Gasteiger partial charge < -0.3 is 0 Å². The minimum absolute atomic E-state index is 0.429. The number of nitrogens with zero attached hydrogens (tertiary/aromatic N) is 4. The van der Waals surface area contributed by atoms with E-state index in [1.165, 1.54) is 0 Å². The highest BCUT2D eigenvalue weighted by Gasteiger charge is 2.02. The number of fused-ring (bicyclic) bond motifs is 1. The van der Waals surface area contributed by atoms with Crippen LogP contribution < -0.4 is 0 Å². The monoisotopic (exact) mass is 162 g/mol. The number of hydrogen-bond acceptors (Lipinski definition) is 3. The fourth-order valence-corrected chi connectivity index (χ4v) is 1.05. The van der Waals surface area contributed by atoms with E-state index in [2.05, 4.69) is 29.3 Å². The third-order valence-corrected chi connectivity index (χ3v) is 1.78. The highest BCUT2D eigenvalue weighted by Crippen LogP contribution is 2.10. The van der Waals surface area contributed by atoms with Crippen LogP contribution in [0.2, 0.25) is 0 Å². The SMILES string of the molecule is CC(C)c1ccc2cnnn2n1. The van der Waals surface area contributed by atoms with E-state index < -0.39 is 0 Å². The predicted molar refractivity (Wildman–Crippen MR) is 44.9 cm³/mol. The summed E-state index contributed by atoms with van der Waals surface area (Å²) in [6.07, 6.45) is 1.69. The second-order valence-corrected chi connectivity index (χ2v) is 3.06. The Balaban J connectivity index is 2.60. The summed E-state index contributed by atoms with van der Waals surface area (Å²) in [5.41, 5.74) is 1.97. The van der Waals surface area contributed by atoms with Gasteiger partial charge in [0.15, 0.2) is 0 Å². The summed E-state index contributed by atoms with van der Waals surface area (Å²) >= 11 is 0. The van der Waals surface area contributed by atoms with Crippen molar-refractivity contribution in [3.8, 4) is 0 Å². The van der Waals surface area contributed by atoms with E-state index in [1.807, 2.05) is 12.1 Å². The van der Waals surface area contributed by atoms with Gasteiger partial charge in [-0.3, -0.25) is 0 Å². The van der Waals surface area contributed by atoms with Crippen molar-refractivity contribution >= 4 is 5.52 Å². The van der Waals surface area contributed by atoms with Gasteiger partial charge in [0.05, 0.1) is 11.9 Å². The second kappa shape index (κ2) is 2.55. The Morgan fingerprint density at radius 1 is 1.33 bits per heavy atom. The first-order chi connectivity index (χ1) is 5.77. The average molecular weight is 162 g/mol. The Morgan fingerprint density at radius 2 is 2.17 bits per heavy atom. The minimum atomic E-state index is 0.429. The Bertz CT molecular complexity index is 391. The van der Waals surface area contributed by atoms with Crippen LogP contribution in [0.1, 0.15) is 25.5 Å². The summed E-state index contributed by atoms with van der Waals surface area (Å²) in [6, 6.07) is 3.98. The fourth-order valence-electron chi connectivity index (χ4n) is 1.05. The van der Waals surface area contributed by atoms with Crippen molar-refractivity contribution in [3.05, 3.63) is 24.0 Å². The van der Waals surface area contributed by atoms with E-state index in [4.69, 9.17) is 0 Å². The molecule has 0 N–H and O–H groups in total. The summed E-state index contributed by atoms with van der Waals surface area (Å²) in [7, 11) is 0. The van der Waals surface area contributed by atoms with Crippen molar-refractivity contribution in [2.45, 2.75) is 19.8 Å². The molecule has 0 saturated heterocycles. The third-order valence-electron chi connectivity index (χ3n) is 1.78. The molecule has 0 fully saturated rings. The summed E-state index contributed by atoms with van der Waals surface area (Å²) in [5.74, 6) is 0.429. The van der Waals surface area contributed by atoms with Crippen LogP contribution in [0.3, 0.4) is 0 Å².